The van der Waals surface area contributed by atoms with Gasteiger partial charge in [-0.2, -0.15) is 0 Å². The van der Waals surface area contributed by atoms with Crippen molar-refractivity contribution < 1.29 is 19.4 Å². The molecule has 0 amide bonds. The van der Waals surface area contributed by atoms with Crippen LogP contribution in [-0.4, -0.2) is 37.0 Å². The fourth-order valence-electron chi connectivity index (χ4n) is 8.20. The van der Waals surface area contributed by atoms with Crippen LogP contribution in [0.15, 0.2) is 30.4 Å². The van der Waals surface area contributed by atoms with Crippen LogP contribution in [0.1, 0.15) is 145 Å². The van der Waals surface area contributed by atoms with Crippen LogP contribution in [0.5, 0.6) is 0 Å². The summed E-state index contributed by atoms with van der Waals surface area (Å²) in [6.07, 6.45) is 23.2. The molecule has 3 aliphatic rings. The Balaban J connectivity index is 1.19. The maximum atomic E-state index is 11.6. The van der Waals surface area contributed by atoms with Gasteiger partial charge in [0.1, 0.15) is 6.61 Å². The van der Waals surface area contributed by atoms with Gasteiger partial charge in [-0.15, -0.1) is 0 Å². The molecule has 4 heteroatoms. The summed E-state index contributed by atoms with van der Waals surface area (Å²) in [5.41, 5.74) is 4.83. The molecule has 0 radical (unpaired) electrons. The number of aliphatic hydroxyl groups excluding tert-OH is 1. The quantitative estimate of drug-likeness (QED) is 0.139. The predicted octanol–water partition coefficient (Wildman–Crippen LogP) is 9.04. The SMILES string of the molecule is C=C(CO)C(=O)OCCOC1CCC(c2ccc(C3CCC(C4CCC(CCCCC)CC4)CC3)c(CC)c2)CC1. The van der Waals surface area contributed by atoms with E-state index in [-0.39, 0.29) is 24.9 Å². The van der Waals surface area contributed by atoms with Crippen LogP contribution >= 0.6 is 0 Å². The molecule has 3 saturated carbocycles. The summed E-state index contributed by atoms with van der Waals surface area (Å²) >= 11 is 0. The lowest BCUT2D eigenvalue weighted by Crippen LogP contribution is -2.25. The number of rotatable bonds is 14. The lowest BCUT2D eigenvalue weighted by Gasteiger charge is -2.38. The molecule has 0 spiro atoms. The van der Waals surface area contributed by atoms with Crippen molar-refractivity contribution in [2.45, 2.75) is 141 Å². The van der Waals surface area contributed by atoms with Gasteiger partial charge in [0.25, 0.3) is 0 Å². The first-order chi connectivity index (χ1) is 20.0. The summed E-state index contributed by atoms with van der Waals surface area (Å²) < 4.78 is 11.1. The van der Waals surface area contributed by atoms with Crippen molar-refractivity contribution in [1.82, 2.24) is 0 Å². The van der Waals surface area contributed by atoms with Gasteiger partial charge in [0, 0.05) is 0 Å². The minimum Gasteiger partial charge on any atom is -0.460 e. The van der Waals surface area contributed by atoms with E-state index < -0.39 is 5.97 Å². The first kappa shape index (κ1) is 32.3. The van der Waals surface area contributed by atoms with Crippen LogP contribution in [0.3, 0.4) is 0 Å². The van der Waals surface area contributed by atoms with Gasteiger partial charge >= 0.3 is 5.97 Å². The number of aliphatic hydroxyl groups is 1. The molecule has 1 N–H and O–H groups in total. The fraction of sp³-hybridized carbons (Fsp3) is 0.757. The third kappa shape index (κ3) is 9.42. The first-order valence-corrected chi connectivity index (χ1v) is 17.2. The number of hydrogen-bond donors (Lipinski definition) is 1. The minimum atomic E-state index is -0.543. The Morgan fingerprint density at radius 1 is 0.854 bits per heavy atom. The Kier molecular flexibility index (Phi) is 13.3. The molecular weight excluding hydrogens is 508 g/mol. The second-order valence-electron chi connectivity index (χ2n) is 13.4. The number of carbonyl (C=O) groups is 1. The van der Waals surface area contributed by atoms with E-state index in [0.717, 1.165) is 55.8 Å². The van der Waals surface area contributed by atoms with E-state index in [0.29, 0.717) is 12.5 Å². The summed E-state index contributed by atoms with van der Waals surface area (Å²) in [4.78, 5) is 11.6. The number of aryl methyl sites for hydroxylation is 1. The van der Waals surface area contributed by atoms with E-state index in [4.69, 9.17) is 14.6 Å². The molecule has 0 atom stereocenters. The number of hydrogen-bond acceptors (Lipinski definition) is 4. The van der Waals surface area contributed by atoms with Crippen LogP contribution in [0.25, 0.3) is 0 Å². The molecule has 4 nitrogen and oxygen atoms in total. The average Bonchev–Trinajstić information content (AvgIpc) is 3.03. The molecular formula is C37H58O4. The van der Waals surface area contributed by atoms with Crippen LogP contribution in [0.4, 0.5) is 0 Å². The highest BCUT2D eigenvalue weighted by Crippen LogP contribution is 2.45. The second kappa shape index (κ2) is 16.8. The van der Waals surface area contributed by atoms with Crippen LogP contribution in [0, 0.1) is 17.8 Å². The van der Waals surface area contributed by atoms with E-state index >= 15 is 0 Å². The van der Waals surface area contributed by atoms with Crippen molar-refractivity contribution in [2.24, 2.45) is 17.8 Å². The van der Waals surface area contributed by atoms with Crippen molar-refractivity contribution in [1.29, 1.82) is 0 Å². The third-order valence-electron chi connectivity index (χ3n) is 10.8. The lowest BCUT2D eigenvalue weighted by atomic mass is 9.67. The summed E-state index contributed by atoms with van der Waals surface area (Å²) in [5, 5.41) is 8.95. The number of carbonyl (C=O) groups excluding carboxylic acids is 1. The molecule has 0 unspecified atom stereocenters. The standard InChI is InChI=1S/C37H58O4/c1-4-6-7-8-28-9-11-30(12-10-28)31-13-15-33(16-14-31)36-22-19-34(25-29(36)5-2)32-17-20-35(21-18-32)40-23-24-41-37(39)27(3)26-38/h19,22,25,28,30-33,35,38H,3-18,20-21,23-24,26H2,1-2H3. The van der Waals surface area contributed by atoms with Crippen LogP contribution in [0.2, 0.25) is 0 Å². The number of benzene rings is 1. The van der Waals surface area contributed by atoms with Crippen molar-refractivity contribution in [3.63, 3.8) is 0 Å². The second-order valence-corrected chi connectivity index (χ2v) is 13.4. The highest BCUT2D eigenvalue weighted by Gasteiger charge is 2.32. The van der Waals surface area contributed by atoms with Crippen molar-refractivity contribution in [3.8, 4) is 0 Å². The fourth-order valence-corrected chi connectivity index (χ4v) is 8.20. The molecule has 1 aromatic carbocycles. The number of esters is 1. The monoisotopic (exact) mass is 566 g/mol. The minimum absolute atomic E-state index is 0.0844. The van der Waals surface area contributed by atoms with Crippen molar-refractivity contribution in [2.75, 3.05) is 19.8 Å². The Morgan fingerprint density at radius 2 is 1.51 bits per heavy atom. The van der Waals surface area contributed by atoms with Gasteiger partial charge in [-0.25, -0.2) is 4.79 Å². The molecule has 0 aliphatic heterocycles. The zero-order valence-electron chi connectivity index (χ0n) is 26.2. The molecule has 0 saturated heterocycles. The topological polar surface area (TPSA) is 55.8 Å². The maximum absolute atomic E-state index is 11.6. The van der Waals surface area contributed by atoms with E-state index in [1.165, 1.54) is 82.6 Å². The van der Waals surface area contributed by atoms with Crippen molar-refractivity contribution in [3.05, 3.63) is 47.0 Å². The number of ether oxygens (including phenoxy) is 2. The zero-order valence-corrected chi connectivity index (χ0v) is 26.2. The van der Waals surface area contributed by atoms with Crippen molar-refractivity contribution >= 4 is 5.97 Å². The van der Waals surface area contributed by atoms with E-state index in [9.17, 15) is 4.79 Å². The summed E-state index contributed by atoms with van der Waals surface area (Å²) in [7, 11) is 0. The van der Waals surface area contributed by atoms with Crippen LogP contribution in [-0.2, 0) is 20.7 Å². The average molecular weight is 567 g/mol. The largest absolute Gasteiger partial charge is 0.460 e. The molecule has 0 aromatic heterocycles. The molecule has 1 aromatic rings. The van der Waals surface area contributed by atoms with Crippen LogP contribution < -0.4 is 0 Å². The Labute approximate surface area is 250 Å². The highest BCUT2D eigenvalue weighted by molar-refractivity contribution is 5.87. The van der Waals surface area contributed by atoms with Gasteiger partial charge in [-0.1, -0.05) is 77.2 Å². The molecule has 0 bridgehead atoms. The number of unbranched alkanes of at least 4 members (excludes halogenated alkanes) is 2. The van der Waals surface area contributed by atoms with Gasteiger partial charge in [-0.3, -0.25) is 0 Å². The molecule has 0 heterocycles. The summed E-state index contributed by atoms with van der Waals surface area (Å²) in [5.74, 6) is 3.85. The summed E-state index contributed by atoms with van der Waals surface area (Å²) in [6, 6.07) is 7.48. The molecule has 3 aliphatic carbocycles. The maximum Gasteiger partial charge on any atom is 0.335 e. The van der Waals surface area contributed by atoms with E-state index in [1.807, 2.05) is 0 Å². The Morgan fingerprint density at radius 3 is 2.15 bits per heavy atom. The smallest absolute Gasteiger partial charge is 0.335 e. The molecule has 41 heavy (non-hydrogen) atoms. The third-order valence-corrected chi connectivity index (χ3v) is 10.8. The Hall–Kier alpha value is -1.65. The van der Waals surface area contributed by atoms with E-state index in [2.05, 4.69) is 38.6 Å². The predicted molar refractivity (Wildman–Crippen MR) is 168 cm³/mol. The Bertz CT molecular complexity index is 930. The highest BCUT2D eigenvalue weighted by atomic mass is 16.6. The lowest BCUT2D eigenvalue weighted by molar-refractivity contribution is -0.141. The van der Waals surface area contributed by atoms with Gasteiger partial charge in [0.05, 0.1) is 24.9 Å². The van der Waals surface area contributed by atoms with Gasteiger partial charge in [0.15, 0.2) is 0 Å². The zero-order chi connectivity index (χ0) is 29.0. The normalized spacial score (nSPS) is 28.8. The van der Waals surface area contributed by atoms with Gasteiger partial charge in [0.2, 0.25) is 0 Å². The first-order valence-electron chi connectivity index (χ1n) is 17.2. The summed E-state index contributed by atoms with van der Waals surface area (Å²) in [6.45, 7) is 8.38. The van der Waals surface area contributed by atoms with Gasteiger partial charge < -0.3 is 14.6 Å². The molecule has 230 valence electrons. The molecule has 3 fully saturated rings. The van der Waals surface area contributed by atoms with Gasteiger partial charge in [-0.05, 0) is 117 Å². The van der Waals surface area contributed by atoms with E-state index in [1.54, 1.807) is 11.1 Å². The molecule has 4 rings (SSSR count).